The maximum Gasteiger partial charge on any atom is 0.338 e. The van der Waals surface area contributed by atoms with Crippen LogP contribution in [0.15, 0.2) is 29.2 Å². The molecule has 2 amide bonds. The summed E-state index contributed by atoms with van der Waals surface area (Å²) in [6.45, 7) is 7.11. The lowest BCUT2D eigenvalue weighted by molar-refractivity contribution is -0.148. The monoisotopic (exact) mass is 456 g/mol. The van der Waals surface area contributed by atoms with Crippen LogP contribution in [0.2, 0.25) is 0 Å². The third-order valence-corrected chi connectivity index (χ3v) is 6.35. The molecule has 0 radical (unpaired) electrons. The van der Waals surface area contributed by atoms with E-state index in [9.17, 15) is 19.2 Å². The Bertz CT molecular complexity index is 1160. The summed E-state index contributed by atoms with van der Waals surface area (Å²) in [5, 5.41) is -0.519. The molecule has 2 heterocycles. The Morgan fingerprint density at radius 2 is 1.78 bits per heavy atom. The molecular weight excluding hydrogens is 432 g/mol. The van der Waals surface area contributed by atoms with Crippen molar-refractivity contribution in [2.75, 3.05) is 14.2 Å². The van der Waals surface area contributed by atoms with Gasteiger partial charge in [0.15, 0.2) is 0 Å². The number of nitrogens with zero attached hydrogens (tertiary/aromatic N) is 2. The number of methoxy groups -OCH3 is 2. The second kappa shape index (κ2) is 9.04. The van der Waals surface area contributed by atoms with E-state index < -0.39 is 29.1 Å². The lowest BCUT2D eigenvalue weighted by atomic mass is 10.1. The van der Waals surface area contributed by atoms with Crippen LogP contribution in [0.1, 0.15) is 39.8 Å². The first kappa shape index (κ1) is 23.3. The second-order valence-electron chi connectivity index (χ2n) is 7.35. The van der Waals surface area contributed by atoms with Crippen molar-refractivity contribution in [1.29, 1.82) is 0 Å². The van der Waals surface area contributed by atoms with E-state index in [1.807, 2.05) is 37.5 Å². The van der Waals surface area contributed by atoms with E-state index in [0.29, 0.717) is 5.56 Å². The highest BCUT2D eigenvalue weighted by atomic mass is 32.2. The third kappa shape index (κ3) is 3.95. The number of carbonyl (C=O) groups is 4. The van der Waals surface area contributed by atoms with Gasteiger partial charge in [0.1, 0.15) is 6.04 Å². The zero-order chi connectivity index (χ0) is 23.7. The summed E-state index contributed by atoms with van der Waals surface area (Å²) in [6, 6.07) is 6.29. The average molecular weight is 457 g/mol. The second-order valence-corrected chi connectivity index (χ2v) is 8.35. The van der Waals surface area contributed by atoms with Gasteiger partial charge in [-0.25, -0.2) is 9.59 Å². The lowest BCUT2D eigenvalue weighted by Gasteiger charge is -2.18. The van der Waals surface area contributed by atoms with Crippen LogP contribution in [-0.2, 0) is 19.1 Å². The fourth-order valence-corrected chi connectivity index (χ4v) is 4.63. The summed E-state index contributed by atoms with van der Waals surface area (Å²) in [5.41, 5.74) is 4.52. The van der Waals surface area contributed by atoms with Crippen LogP contribution >= 0.6 is 11.8 Å². The summed E-state index contributed by atoms with van der Waals surface area (Å²) < 4.78 is 11.5. The van der Waals surface area contributed by atoms with Gasteiger partial charge in [-0.05, 0) is 74.9 Å². The van der Waals surface area contributed by atoms with Crippen LogP contribution < -0.4 is 0 Å². The first-order chi connectivity index (χ1) is 15.1. The quantitative estimate of drug-likeness (QED) is 0.499. The number of hydrogen-bond donors (Lipinski definition) is 0. The molecule has 32 heavy (non-hydrogen) atoms. The van der Waals surface area contributed by atoms with Crippen LogP contribution in [0.4, 0.5) is 4.79 Å². The Balaban J connectivity index is 2.02. The molecule has 0 unspecified atom stereocenters. The maximum absolute atomic E-state index is 12.8. The van der Waals surface area contributed by atoms with Crippen molar-refractivity contribution in [2.45, 2.75) is 33.7 Å². The highest BCUT2D eigenvalue weighted by molar-refractivity contribution is 8.18. The van der Waals surface area contributed by atoms with Gasteiger partial charge < -0.3 is 14.0 Å². The van der Waals surface area contributed by atoms with Crippen LogP contribution in [0, 0.1) is 20.8 Å². The summed E-state index contributed by atoms with van der Waals surface area (Å²) >= 11 is 0.785. The zero-order valence-electron chi connectivity index (χ0n) is 18.7. The fourth-order valence-electron chi connectivity index (χ4n) is 3.73. The van der Waals surface area contributed by atoms with Gasteiger partial charge >= 0.3 is 11.9 Å². The van der Waals surface area contributed by atoms with Crippen molar-refractivity contribution >= 4 is 40.9 Å². The van der Waals surface area contributed by atoms with Crippen molar-refractivity contribution < 1.29 is 28.7 Å². The molecule has 1 atom stereocenters. The van der Waals surface area contributed by atoms with Gasteiger partial charge in [0.2, 0.25) is 0 Å². The number of carbonyl (C=O) groups excluding carboxylic acids is 4. The number of aryl methyl sites for hydroxylation is 1. The zero-order valence-corrected chi connectivity index (χ0v) is 19.5. The molecule has 3 rings (SSSR count). The van der Waals surface area contributed by atoms with E-state index >= 15 is 0 Å². The number of imide groups is 1. The number of hydrogen-bond acceptors (Lipinski definition) is 7. The predicted molar refractivity (Wildman–Crippen MR) is 121 cm³/mol. The van der Waals surface area contributed by atoms with Crippen LogP contribution in [-0.4, -0.2) is 52.8 Å². The van der Waals surface area contributed by atoms with E-state index in [4.69, 9.17) is 4.74 Å². The van der Waals surface area contributed by atoms with Crippen molar-refractivity contribution in [3.63, 3.8) is 0 Å². The minimum Gasteiger partial charge on any atom is -0.467 e. The third-order valence-electron chi connectivity index (χ3n) is 5.46. The summed E-state index contributed by atoms with van der Waals surface area (Å²) in [5.74, 6) is -1.61. The summed E-state index contributed by atoms with van der Waals surface area (Å²) in [6.07, 6.45) is 1.65. The van der Waals surface area contributed by atoms with Crippen LogP contribution in [0.5, 0.6) is 0 Å². The van der Waals surface area contributed by atoms with E-state index in [0.717, 1.165) is 44.9 Å². The van der Waals surface area contributed by atoms with Crippen LogP contribution in [0.3, 0.4) is 0 Å². The molecule has 0 aliphatic carbocycles. The van der Waals surface area contributed by atoms with Gasteiger partial charge in [-0.15, -0.1) is 0 Å². The Hall–Kier alpha value is -3.33. The Morgan fingerprint density at radius 1 is 1.09 bits per heavy atom. The van der Waals surface area contributed by atoms with E-state index in [1.165, 1.54) is 21.1 Å². The number of aromatic nitrogens is 1. The Labute approximate surface area is 190 Å². The number of esters is 2. The largest absolute Gasteiger partial charge is 0.467 e. The number of rotatable bonds is 5. The normalized spacial score (nSPS) is 15.9. The number of amides is 2. The molecule has 0 spiro atoms. The SMILES string of the molecule is COC(=O)c1cccc(-n2c(C)cc(/C=C3/SC(=O)N([C@@H](C)C(=O)OC)C3=O)c2C)c1C. The van der Waals surface area contributed by atoms with E-state index in [2.05, 4.69) is 4.74 Å². The van der Waals surface area contributed by atoms with Crippen molar-refractivity contribution in [3.8, 4) is 5.69 Å². The molecule has 2 aromatic rings. The molecule has 1 aliphatic rings. The number of benzene rings is 1. The van der Waals surface area contributed by atoms with E-state index in [1.54, 1.807) is 18.2 Å². The Morgan fingerprint density at radius 3 is 2.41 bits per heavy atom. The van der Waals surface area contributed by atoms with Gasteiger partial charge in [-0.2, -0.15) is 0 Å². The van der Waals surface area contributed by atoms with Gasteiger partial charge in [0, 0.05) is 17.1 Å². The Kier molecular flexibility index (Phi) is 6.59. The van der Waals surface area contributed by atoms with Crippen molar-refractivity contribution in [2.24, 2.45) is 0 Å². The number of thioether (sulfide) groups is 1. The smallest absolute Gasteiger partial charge is 0.338 e. The molecule has 1 fully saturated rings. The molecule has 1 aliphatic heterocycles. The van der Waals surface area contributed by atoms with Crippen molar-refractivity contribution in [3.05, 3.63) is 57.2 Å². The maximum atomic E-state index is 12.8. The molecular formula is C23H24N2O6S. The molecule has 1 aromatic carbocycles. The summed E-state index contributed by atoms with van der Waals surface area (Å²) in [4.78, 5) is 50.2. The summed E-state index contributed by atoms with van der Waals surface area (Å²) in [7, 11) is 2.55. The molecule has 1 saturated heterocycles. The van der Waals surface area contributed by atoms with Crippen molar-refractivity contribution in [1.82, 2.24) is 9.47 Å². The fraction of sp³-hybridized carbons (Fsp3) is 0.304. The lowest BCUT2D eigenvalue weighted by Crippen LogP contribution is -2.42. The van der Waals surface area contributed by atoms with Gasteiger partial charge in [-0.3, -0.25) is 14.5 Å². The van der Waals surface area contributed by atoms with Gasteiger partial charge in [0.25, 0.3) is 11.1 Å². The average Bonchev–Trinajstić information content (AvgIpc) is 3.20. The molecule has 0 N–H and O–H groups in total. The first-order valence-electron chi connectivity index (χ1n) is 9.84. The first-order valence-corrected chi connectivity index (χ1v) is 10.7. The molecule has 8 nitrogen and oxygen atoms in total. The van der Waals surface area contributed by atoms with Gasteiger partial charge in [-0.1, -0.05) is 6.07 Å². The number of ether oxygens (including phenoxy) is 2. The van der Waals surface area contributed by atoms with Gasteiger partial charge in [0.05, 0.1) is 24.7 Å². The minimum atomic E-state index is -1.01. The molecule has 168 valence electrons. The molecule has 9 heteroatoms. The standard InChI is InChI=1S/C23H24N2O6S/c1-12-10-16(11-19-20(26)25(23(29)32-19)15(4)21(27)30-5)14(3)24(12)18-9-7-8-17(13(18)2)22(28)31-6/h7-11,15H,1-6H3/b19-11+/t15-/m0/s1. The molecule has 0 saturated carbocycles. The predicted octanol–water partition coefficient (Wildman–Crippen LogP) is 3.79. The van der Waals surface area contributed by atoms with Crippen LogP contribution in [0.25, 0.3) is 11.8 Å². The topological polar surface area (TPSA) is 94.9 Å². The van der Waals surface area contributed by atoms with E-state index in [-0.39, 0.29) is 4.91 Å². The highest BCUT2D eigenvalue weighted by Crippen LogP contribution is 2.35. The molecule has 0 bridgehead atoms. The minimum absolute atomic E-state index is 0.228. The highest BCUT2D eigenvalue weighted by Gasteiger charge is 2.41. The molecule has 1 aromatic heterocycles.